The summed E-state index contributed by atoms with van der Waals surface area (Å²) in [6.07, 6.45) is 2.14. The van der Waals surface area contributed by atoms with Crippen LogP contribution in [0.25, 0.3) is 5.69 Å². The molecular formula is C23H26N6O5S2. The molecule has 0 aliphatic heterocycles. The zero-order valence-electron chi connectivity index (χ0n) is 19.7. The second kappa shape index (κ2) is 10.2. The number of hydrogen-bond donors (Lipinski definition) is 2. The van der Waals surface area contributed by atoms with E-state index in [4.69, 9.17) is 9.66 Å². The SMILES string of the molecule is Cc1cc(CN(C)c2ccc(S(=O)(=O)NCCc3ccn(-c4ccccc4)n3)cc2S(N)(=O)=O)on1. The number of hydrogen-bond acceptors (Lipinski definition) is 8. The number of rotatable bonds is 10. The van der Waals surface area contributed by atoms with Gasteiger partial charge in [-0.1, -0.05) is 23.4 Å². The van der Waals surface area contributed by atoms with Crippen LogP contribution in [0.1, 0.15) is 17.1 Å². The van der Waals surface area contributed by atoms with E-state index >= 15 is 0 Å². The Hall–Kier alpha value is -3.52. The lowest BCUT2D eigenvalue weighted by molar-refractivity contribution is 0.379. The first-order chi connectivity index (χ1) is 17.0. The molecule has 0 saturated heterocycles. The van der Waals surface area contributed by atoms with E-state index in [1.165, 1.54) is 12.1 Å². The average Bonchev–Trinajstić information content (AvgIpc) is 3.47. The minimum Gasteiger partial charge on any atom is -0.366 e. The summed E-state index contributed by atoms with van der Waals surface area (Å²) in [5.41, 5.74) is 2.51. The first-order valence-corrected chi connectivity index (χ1v) is 14.0. The molecule has 2 heterocycles. The molecule has 0 spiro atoms. The summed E-state index contributed by atoms with van der Waals surface area (Å²) < 4.78 is 59.8. The Kier molecular flexibility index (Phi) is 7.26. The highest BCUT2D eigenvalue weighted by Gasteiger charge is 2.23. The fraction of sp³-hybridized carbons (Fsp3) is 0.217. The molecule has 13 heteroatoms. The summed E-state index contributed by atoms with van der Waals surface area (Å²) in [5, 5.41) is 13.7. The predicted octanol–water partition coefficient (Wildman–Crippen LogP) is 1.97. The van der Waals surface area contributed by atoms with Gasteiger partial charge in [0, 0.05) is 32.3 Å². The molecule has 0 fully saturated rings. The van der Waals surface area contributed by atoms with Crippen LogP contribution >= 0.6 is 0 Å². The van der Waals surface area contributed by atoms with Gasteiger partial charge in [-0.3, -0.25) is 0 Å². The van der Waals surface area contributed by atoms with Crippen molar-refractivity contribution in [2.75, 3.05) is 18.5 Å². The number of nitrogens with zero attached hydrogens (tertiary/aromatic N) is 4. The third-order valence-corrected chi connectivity index (χ3v) is 7.77. The lowest BCUT2D eigenvalue weighted by Crippen LogP contribution is -2.27. The zero-order valence-corrected chi connectivity index (χ0v) is 21.3. The van der Waals surface area contributed by atoms with Crippen LogP contribution in [0.4, 0.5) is 5.69 Å². The Labute approximate surface area is 209 Å². The maximum atomic E-state index is 12.9. The van der Waals surface area contributed by atoms with Gasteiger partial charge in [0.2, 0.25) is 20.0 Å². The Morgan fingerprint density at radius 2 is 1.81 bits per heavy atom. The minimum atomic E-state index is -4.23. The molecule has 2 aromatic heterocycles. The number of para-hydroxylation sites is 1. The van der Waals surface area contributed by atoms with Crippen LogP contribution in [0.2, 0.25) is 0 Å². The summed E-state index contributed by atoms with van der Waals surface area (Å²) in [5.74, 6) is 0.517. The molecule has 0 unspecified atom stereocenters. The molecule has 190 valence electrons. The maximum Gasteiger partial charge on any atom is 0.240 e. The quantitative estimate of drug-likeness (QED) is 0.316. The number of aryl methyl sites for hydroxylation is 1. The molecular weight excluding hydrogens is 504 g/mol. The van der Waals surface area contributed by atoms with Crippen LogP contribution in [0, 0.1) is 6.92 Å². The number of primary sulfonamides is 1. The molecule has 2 aromatic carbocycles. The van der Waals surface area contributed by atoms with Gasteiger partial charge in [-0.2, -0.15) is 5.10 Å². The number of nitrogens with two attached hydrogens (primary N) is 1. The van der Waals surface area contributed by atoms with Crippen molar-refractivity contribution in [2.45, 2.75) is 29.7 Å². The van der Waals surface area contributed by atoms with Gasteiger partial charge in [0.1, 0.15) is 4.90 Å². The van der Waals surface area contributed by atoms with Gasteiger partial charge in [0.15, 0.2) is 5.76 Å². The monoisotopic (exact) mass is 530 g/mol. The number of nitrogens with one attached hydrogen (secondary N) is 1. The zero-order chi connectivity index (χ0) is 25.9. The van der Waals surface area contributed by atoms with Gasteiger partial charge in [-0.25, -0.2) is 31.4 Å². The molecule has 3 N–H and O–H groups in total. The fourth-order valence-electron chi connectivity index (χ4n) is 3.63. The van der Waals surface area contributed by atoms with Gasteiger partial charge >= 0.3 is 0 Å². The van der Waals surface area contributed by atoms with E-state index in [0.29, 0.717) is 23.6 Å². The lowest BCUT2D eigenvalue weighted by atomic mass is 10.3. The molecule has 36 heavy (non-hydrogen) atoms. The first-order valence-electron chi connectivity index (χ1n) is 10.9. The average molecular weight is 531 g/mol. The number of anilines is 1. The number of sulfonamides is 2. The Balaban J connectivity index is 1.48. The normalized spacial score (nSPS) is 12.1. The van der Waals surface area contributed by atoms with Crippen molar-refractivity contribution < 1.29 is 21.4 Å². The molecule has 0 radical (unpaired) electrons. The van der Waals surface area contributed by atoms with Crippen molar-refractivity contribution in [1.82, 2.24) is 19.7 Å². The molecule has 4 aromatic rings. The molecule has 0 aliphatic carbocycles. The standard InChI is InChI=1S/C23H26N6O5S2/c1-17-14-20(34-27-17)16-28(2)22-9-8-21(15-23(22)35(24,30)31)36(32,33)25-12-10-18-11-13-29(26-18)19-6-4-3-5-7-19/h3-9,11,13-15,25H,10,12,16H2,1-2H3,(H2,24,30,31). The van der Waals surface area contributed by atoms with Crippen LogP contribution in [0.15, 0.2) is 81.2 Å². The van der Waals surface area contributed by atoms with Crippen LogP contribution in [-0.2, 0) is 33.0 Å². The van der Waals surface area contributed by atoms with Gasteiger partial charge in [0.05, 0.1) is 34.2 Å². The third kappa shape index (κ3) is 5.99. The topological polar surface area (TPSA) is 153 Å². The van der Waals surface area contributed by atoms with Crippen molar-refractivity contribution in [3.8, 4) is 5.69 Å². The number of benzene rings is 2. The van der Waals surface area contributed by atoms with Crippen molar-refractivity contribution in [3.63, 3.8) is 0 Å². The maximum absolute atomic E-state index is 12.9. The molecule has 0 aliphatic rings. The highest BCUT2D eigenvalue weighted by Crippen LogP contribution is 2.28. The van der Waals surface area contributed by atoms with Gasteiger partial charge in [-0.15, -0.1) is 0 Å². The Morgan fingerprint density at radius 3 is 2.47 bits per heavy atom. The van der Waals surface area contributed by atoms with Gasteiger partial charge in [-0.05, 0) is 43.3 Å². The molecule has 11 nitrogen and oxygen atoms in total. The highest BCUT2D eigenvalue weighted by atomic mass is 32.2. The summed E-state index contributed by atoms with van der Waals surface area (Å²) >= 11 is 0. The smallest absolute Gasteiger partial charge is 0.240 e. The second-order valence-corrected chi connectivity index (χ2v) is 11.5. The Morgan fingerprint density at radius 1 is 1.06 bits per heavy atom. The van der Waals surface area contributed by atoms with Gasteiger partial charge < -0.3 is 9.42 Å². The fourth-order valence-corrected chi connectivity index (χ4v) is 5.57. The summed E-state index contributed by atoms with van der Waals surface area (Å²) in [7, 11) is -6.59. The van der Waals surface area contributed by atoms with Gasteiger partial charge in [0.25, 0.3) is 0 Å². The van der Waals surface area contributed by atoms with E-state index in [9.17, 15) is 16.8 Å². The minimum absolute atomic E-state index is 0.0747. The van der Waals surface area contributed by atoms with E-state index in [0.717, 1.165) is 11.8 Å². The van der Waals surface area contributed by atoms with Crippen LogP contribution in [-0.4, -0.2) is 45.4 Å². The van der Waals surface area contributed by atoms with Crippen LogP contribution < -0.4 is 14.8 Å². The molecule has 0 atom stereocenters. The largest absolute Gasteiger partial charge is 0.366 e. The van der Waals surface area contributed by atoms with Crippen LogP contribution in [0.3, 0.4) is 0 Å². The summed E-state index contributed by atoms with van der Waals surface area (Å²) in [6, 6.07) is 16.9. The highest BCUT2D eigenvalue weighted by molar-refractivity contribution is 7.90. The van der Waals surface area contributed by atoms with Crippen molar-refractivity contribution in [1.29, 1.82) is 0 Å². The van der Waals surface area contributed by atoms with E-state index in [2.05, 4.69) is 15.0 Å². The molecule has 0 amide bonds. The Bertz CT molecular complexity index is 1560. The van der Waals surface area contributed by atoms with Crippen molar-refractivity contribution in [3.05, 3.63) is 84.0 Å². The summed E-state index contributed by atoms with van der Waals surface area (Å²) in [6.45, 7) is 2.05. The van der Waals surface area contributed by atoms with E-state index in [1.807, 2.05) is 30.3 Å². The third-order valence-electron chi connectivity index (χ3n) is 5.37. The lowest BCUT2D eigenvalue weighted by Gasteiger charge is -2.21. The van der Waals surface area contributed by atoms with Crippen molar-refractivity contribution >= 4 is 25.7 Å². The number of aromatic nitrogens is 3. The molecule has 0 saturated carbocycles. The molecule has 4 rings (SSSR count). The van der Waals surface area contributed by atoms with E-state index in [-0.39, 0.29) is 28.6 Å². The van der Waals surface area contributed by atoms with E-state index < -0.39 is 20.0 Å². The second-order valence-electron chi connectivity index (χ2n) is 8.20. The predicted molar refractivity (Wildman–Crippen MR) is 134 cm³/mol. The van der Waals surface area contributed by atoms with E-state index in [1.54, 1.807) is 41.9 Å². The summed E-state index contributed by atoms with van der Waals surface area (Å²) in [4.78, 5) is 1.06. The van der Waals surface area contributed by atoms with Crippen LogP contribution in [0.5, 0.6) is 0 Å². The van der Waals surface area contributed by atoms with Crippen molar-refractivity contribution in [2.24, 2.45) is 5.14 Å². The first kappa shape index (κ1) is 25.6. The molecule has 0 bridgehead atoms.